The van der Waals surface area contributed by atoms with Crippen molar-refractivity contribution in [1.82, 2.24) is 4.90 Å². The summed E-state index contributed by atoms with van der Waals surface area (Å²) in [7, 11) is 0. The lowest BCUT2D eigenvalue weighted by atomic mass is 10.2. The van der Waals surface area contributed by atoms with Crippen LogP contribution in [0.25, 0.3) is 0 Å². The van der Waals surface area contributed by atoms with E-state index in [2.05, 4.69) is 24.0 Å². The van der Waals surface area contributed by atoms with E-state index < -0.39 is 0 Å². The van der Waals surface area contributed by atoms with Crippen LogP contribution in [0.2, 0.25) is 0 Å². The molecule has 2 nitrogen and oxygen atoms in total. The van der Waals surface area contributed by atoms with E-state index in [1.54, 1.807) is 0 Å². The summed E-state index contributed by atoms with van der Waals surface area (Å²) in [5.74, 6) is 1.20. The zero-order chi connectivity index (χ0) is 12.1. The van der Waals surface area contributed by atoms with Gasteiger partial charge in [-0.3, -0.25) is 0 Å². The Bertz CT molecular complexity index is 359. The lowest BCUT2D eigenvalue weighted by molar-refractivity contribution is 0.341. The topological polar surface area (TPSA) is 29.3 Å². The van der Waals surface area contributed by atoms with Gasteiger partial charge in [0.2, 0.25) is 0 Å². The van der Waals surface area contributed by atoms with Crippen LogP contribution in [0.15, 0.2) is 23.1 Å². The van der Waals surface area contributed by atoms with E-state index in [0.29, 0.717) is 0 Å². The third-order valence-corrected chi connectivity index (χ3v) is 4.53. The number of likely N-dealkylation sites (tertiary alicyclic amines) is 1. The minimum atomic E-state index is 0.873. The van der Waals surface area contributed by atoms with Crippen molar-refractivity contribution in [2.75, 3.05) is 31.1 Å². The van der Waals surface area contributed by atoms with Gasteiger partial charge >= 0.3 is 0 Å². The van der Waals surface area contributed by atoms with E-state index >= 15 is 0 Å². The van der Waals surface area contributed by atoms with Gasteiger partial charge < -0.3 is 10.6 Å². The highest BCUT2D eigenvalue weighted by molar-refractivity contribution is 7.99. The van der Waals surface area contributed by atoms with Crippen molar-refractivity contribution >= 4 is 17.4 Å². The van der Waals surface area contributed by atoms with E-state index in [9.17, 15) is 0 Å². The van der Waals surface area contributed by atoms with Crippen LogP contribution in [-0.2, 0) is 0 Å². The Labute approximate surface area is 109 Å². The third-order valence-electron chi connectivity index (χ3n) is 3.29. The molecule has 94 valence electrons. The minimum Gasteiger partial charge on any atom is -0.399 e. The van der Waals surface area contributed by atoms with Crippen LogP contribution in [0.4, 0.5) is 5.69 Å². The monoisotopic (exact) mass is 250 g/mol. The lowest BCUT2D eigenvalue weighted by Crippen LogP contribution is -2.20. The fraction of sp³-hybridized carbons (Fsp3) is 0.571. The van der Waals surface area contributed by atoms with Gasteiger partial charge in [0.05, 0.1) is 0 Å². The molecule has 2 rings (SSSR count). The molecule has 0 atom stereocenters. The Morgan fingerprint density at radius 1 is 1.29 bits per heavy atom. The van der Waals surface area contributed by atoms with Crippen molar-refractivity contribution in [3.05, 3.63) is 23.8 Å². The molecular weight excluding hydrogens is 228 g/mol. The molecule has 17 heavy (non-hydrogen) atoms. The average molecular weight is 250 g/mol. The Morgan fingerprint density at radius 3 is 2.82 bits per heavy atom. The zero-order valence-electron chi connectivity index (χ0n) is 10.6. The van der Waals surface area contributed by atoms with Gasteiger partial charge in [0.15, 0.2) is 0 Å². The van der Waals surface area contributed by atoms with E-state index in [-0.39, 0.29) is 0 Å². The molecule has 0 amide bonds. The van der Waals surface area contributed by atoms with Gasteiger partial charge in [-0.05, 0) is 69.3 Å². The normalized spacial score (nSPS) is 16.5. The highest BCUT2D eigenvalue weighted by Gasteiger charge is 2.10. The Morgan fingerprint density at radius 2 is 2.06 bits per heavy atom. The first kappa shape index (κ1) is 12.8. The molecule has 0 bridgehead atoms. The summed E-state index contributed by atoms with van der Waals surface area (Å²) in [6.45, 7) is 6.03. The summed E-state index contributed by atoms with van der Waals surface area (Å²) >= 11 is 1.94. The standard InChI is InChI=1S/C14H22N2S/c1-12-5-6-13(15)11-14(12)17-10-4-9-16-7-2-3-8-16/h5-6,11H,2-4,7-10,15H2,1H3. The van der Waals surface area contributed by atoms with Gasteiger partial charge in [0.1, 0.15) is 0 Å². The molecule has 0 saturated carbocycles. The van der Waals surface area contributed by atoms with E-state index in [4.69, 9.17) is 5.73 Å². The molecule has 1 saturated heterocycles. The number of thioether (sulfide) groups is 1. The predicted octanol–water partition coefficient (Wildman–Crippen LogP) is 3.16. The van der Waals surface area contributed by atoms with Crippen LogP contribution in [0.5, 0.6) is 0 Å². The van der Waals surface area contributed by atoms with Crippen molar-refractivity contribution in [1.29, 1.82) is 0 Å². The quantitative estimate of drug-likeness (QED) is 0.494. The Kier molecular flexibility index (Phi) is 4.75. The highest BCUT2D eigenvalue weighted by atomic mass is 32.2. The Hall–Kier alpha value is -0.670. The summed E-state index contributed by atoms with van der Waals surface area (Å²) in [4.78, 5) is 3.92. The van der Waals surface area contributed by atoms with E-state index in [1.165, 1.54) is 55.1 Å². The molecule has 0 radical (unpaired) electrons. The number of nitrogens with two attached hydrogens (primary N) is 1. The number of nitrogens with zero attached hydrogens (tertiary/aromatic N) is 1. The molecule has 1 fully saturated rings. The number of hydrogen-bond donors (Lipinski definition) is 1. The zero-order valence-corrected chi connectivity index (χ0v) is 11.4. The number of anilines is 1. The molecule has 1 aliphatic rings. The van der Waals surface area contributed by atoms with Gasteiger partial charge in [-0.1, -0.05) is 6.07 Å². The van der Waals surface area contributed by atoms with Crippen LogP contribution in [0.3, 0.4) is 0 Å². The molecule has 1 aromatic rings. The lowest BCUT2D eigenvalue weighted by Gasteiger charge is -2.14. The molecule has 1 aliphatic heterocycles. The van der Waals surface area contributed by atoms with Crippen molar-refractivity contribution in [3.63, 3.8) is 0 Å². The second-order valence-corrected chi connectivity index (χ2v) is 5.91. The van der Waals surface area contributed by atoms with Gasteiger partial charge in [-0.25, -0.2) is 0 Å². The number of benzene rings is 1. The first-order valence-corrected chi connectivity index (χ1v) is 7.45. The fourth-order valence-corrected chi connectivity index (χ4v) is 3.26. The van der Waals surface area contributed by atoms with Gasteiger partial charge in [-0.2, -0.15) is 0 Å². The van der Waals surface area contributed by atoms with Crippen LogP contribution in [0, 0.1) is 6.92 Å². The minimum absolute atomic E-state index is 0.873. The summed E-state index contributed by atoms with van der Waals surface area (Å²) in [5.41, 5.74) is 8.02. The summed E-state index contributed by atoms with van der Waals surface area (Å²) in [6, 6.07) is 6.18. The first-order chi connectivity index (χ1) is 8.25. The number of hydrogen-bond acceptors (Lipinski definition) is 3. The SMILES string of the molecule is Cc1ccc(N)cc1SCCCN1CCCC1. The number of rotatable bonds is 5. The average Bonchev–Trinajstić information content (AvgIpc) is 2.82. The molecule has 0 aliphatic carbocycles. The van der Waals surface area contributed by atoms with Crippen molar-refractivity contribution in [2.24, 2.45) is 0 Å². The van der Waals surface area contributed by atoms with Crippen LogP contribution >= 0.6 is 11.8 Å². The van der Waals surface area contributed by atoms with Crippen molar-refractivity contribution in [3.8, 4) is 0 Å². The van der Waals surface area contributed by atoms with E-state index in [0.717, 1.165) is 5.69 Å². The van der Waals surface area contributed by atoms with Crippen molar-refractivity contribution in [2.45, 2.75) is 31.1 Å². The maximum Gasteiger partial charge on any atom is 0.0325 e. The smallest absolute Gasteiger partial charge is 0.0325 e. The molecule has 0 spiro atoms. The summed E-state index contributed by atoms with van der Waals surface area (Å²) in [5, 5.41) is 0. The maximum absolute atomic E-state index is 5.81. The third kappa shape index (κ3) is 3.93. The van der Waals surface area contributed by atoms with Crippen LogP contribution in [-0.4, -0.2) is 30.3 Å². The predicted molar refractivity (Wildman–Crippen MR) is 76.6 cm³/mol. The fourth-order valence-electron chi connectivity index (χ4n) is 2.25. The van der Waals surface area contributed by atoms with Gasteiger partial charge in [0, 0.05) is 10.6 Å². The highest BCUT2D eigenvalue weighted by Crippen LogP contribution is 2.25. The van der Waals surface area contributed by atoms with E-state index in [1.807, 2.05) is 17.8 Å². The molecule has 1 heterocycles. The van der Waals surface area contributed by atoms with Crippen LogP contribution < -0.4 is 5.73 Å². The van der Waals surface area contributed by atoms with Crippen molar-refractivity contribution < 1.29 is 0 Å². The molecule has 3 heteroatoms. The second kappa shape index (κ2) is 6.31. The Balaban J connectivity index is 1.72. The largest absolute Gasteiger partial charge is 0.399 e. The number of nitrogen functional groups attached to an aromatic ring is 1. The summed E-state index contributed by atoms with van der Waals surface area (Å²) < 4.78 is 0. The maximum atomic E-state index is 5.81. The summed E-state index contributed by atoms with van der Waals surface area (Å²) in [6.07, 6.45) is 4.06. The number of aryl methyl sites for hydroxylation is 1. The molecular formula is C14H22N2S. The van der Waals surface area contributed by atoms with Crippen LogP contribution in [0.1, 0.15) is 24.8 Å². The second-order valence-electron chi connectivity index (χ2n) is 4.78. The van der Waals surface area contributed by atoms with Gasteiger partial charge in [0.25, 0.3) is 0 Å². The molecule has 1 aromatic carbocycles. The molecule has 0 unspecified atom stereocenters. The molecule has 2 N–H and O–H groups in total. The molecule has 0 aromatic heterocycles. The first-order valence-electron chi connectivity index (χ1n) is 6.47. The van der Waals surface area contributed by atoms with Gasteiger partial charge in [-0.15, -0.1) is 11.8 Å².